The van der Waals surface area contributed by atoms with E-state index in [1.165, 1.54) is 0 Å². The molecule has 0 atom stereocenters. The van der Waals surface area contributed by atoms with Crippen molar-refractivity contribution in [2.45, 2.75) is 19.3 Å². The molecule has 2 aromatic carbocycles. The van der Waals surface area contributed by atoms with Crippen LogP contribution in [0.1, 0.15) is 29.6 Å². The second kappa shape index (κ2) is 10.1. The summed E-state index contributed by atoms with van der Waals surface area (Å²) >= 11 is 0. The van der Waals surface area contributed by atoms with Crippen LogP contribution in [0, 0.1) is 0 Å². The fraction of sp³-hybridized carbons (Fsp3) is 0.333. The summed E-state index contributed by atoms with van der Waals surface area (Å²) in [5.74, 6) is 2.46. The number of halogens is 1. The van der Waals surface area contributed by atoms with Crippen LogP contribution in [0.15, 0.2) is 53.5 Å². The number of rotatable bonds is 6. The molecule has 0 fully saturated rings. The summed E-state index contributed by atoms with van der Waals surface area (Å²) in [4.78, 5) is 19.6. The van der Waals surface area contributed by atoms with Gasteiger partial charge in [-0.2, -0.15) is 0 Å². The van der Waals surface area contributed by atoms with Gasteiger partial charge in [0, 0.05) is 18.5 Å². The number of anilines is 1. The molecule has 6 heteroatoms. The topological polar surface area (TPSA) is 51.1 Å². The fourth-order valence-electron chi connectivity index (χ4n) is 3.08. The van der Waals surface area contributed by atoms with Crippen molar-refractivity contribution < 1.29 is 14.3 Å². The maximum absolute atomic E-state index is 12.9. The van der Waals surface area contributed by atoms with Crippen LogP contribution in [0.4, 0.5) is 5.69 Å². The van der Waals surface area contributed by atoms with Gasteiger partial charge in [0.15, 0.2) is 5.78 Å². The van der Waals surface area contributed by atoms with Gasteiger partial charge < -0.3 is 14.4 Å². The number of para-hydroxylation sites is 2. The van der Waals surface area contributed by atoms with Gasteiger partial charge in [-0.25, -0.2) is 0 Å². The number of methoxy groups -OCH3 is 2. The Kier molecular flexibility index (Phi) is 7.85. The van der Waals surface area contributed by atoms with Crippen molar-refractivity contribution in [3.05, 3.63) is 54.1 Å². The molecule has 0 amide bonds. The molecule has 1 heterocycles. The first-order valence-electron chi connectivity index (χ1n) is 8.84. The average molecular weight is 433 g/mol. The lowest BCUT2D eigenvalue weighted by Gasteiger charge is -2.29. The number of hydrogen-bond acceptors (Lipinski definition) is 5. The Morgan fingerprint density at radius 2 is 1.78 bits per heavy atom. The largest absolute Gasteiger partial charge is 0.497 e. The van der Waals surface area contributed by atoms with Crippen molar-refractivity contribution in [3.8, 4) is 11.5 Å². The van der Waals surface area contributed by atoms with E-state index in [2.05, 4.69) is 4.99 Å². The van der Waals surface area contributed by atoms with E-state index in [4.69, 9.17) is 9.47 Å². The average Bonchev–Trinajstić information content (AvgIpc) is 2.72. The van der Waals surface area contributed by atoms with Crippen molar-refractivity contribution in [3.63, 3.8) is 0 Å². The Hall–Kier alpha value is -2.34. The molecule has 2 aromatic rings. The second-order valence-electron chi connectivity index (χ2n) is 6.16. The van der Waals surface area contributed by atoms with E-state index in [0.29, 0.717) is 5.56 Å². The van der Waals surface area contributed by atoms with Gasteiger partial charge in [-0.05, 0) is 49.2 Å². The molecule has 3 rings (SSSR count). The molecule has 1 aliphatic rings. The van der Waals surface area contributed by atoms with Crippen molar-refractivity contribution in [2.75, 3.05) is 32.2 Å². The third-order valence-electron chi connectivity index (χ3n) is 4.50. The minimum Gasteiger partial charge on any atom is -0.497 e. The SMILES string of the molecule is Br.COc1ccc(C(=O)CN(C2=NCCCC2)c2ccccc2OC)cc1. The number of amidine groups is 1. The zero-order chi connectivity index (χ0) is 18.4. The summed E-state index contributed by atoms with van der Waals surface area (Å²) in [6.07, 6.45) is 3.05. The minimum atomic E-state index is 0. The molecule has 0 radical (unpaired) electrons. The highest BCUT2D eigenvalue weighted by Crippen LogP contribution is 2.30. The van der Waals surface area contributed by atoms with E-state index >= 15 is 0 Å². The number of carbonyl (C=O) groups excluding carboxylic acids is 1. The van der Waals surface area contributed by atoms with Crippen LogP contribution in [0.25, 0.3) is 0 Å². The smallest absolute Gasteiger partial charge is 0.182 e. The molecule has 0 aromatic heterocycles. The van der Waals surface area contributed by atoms with Crippen LogP contribution in [0.5, 0.6) is 11.5 Å². The van der Waals surface area contributed by atoms with E-state index < -0.39 is 0 Å². The number of nitrogens with zero attached hydrogens (tertiary/aromatic N) is 2. The lowest BCUT2D eigenvalue weighted by Crippen LogP contribution is -2.37. The van der Waals surface area contributed by atoms with Gasteiger partial charge in [-0.15, -0.1) is 17.0 Å². The Bertz CT molecular complexity index is 790. The summed E-state index contributed by atoms with van der Waals surface area (Å²) in [7, 11) is 3.26. The molecule has 0 N–H and O–H groups in total. The first-order chi connectivity index (χ1) is 12.7. The molecule has 0 bridgehead atoms. The van der Waals surface area contributed by atoms with Gasteiger partial charge in [0.1, 0.15) is 17.3 Å². The van der Waals surface area contributed by atoms with Crippen molar-refractivity contribution in [1.82, 2.24) is 0 Å². The Balaban J connectivity index is 0.00000261. The van der Waals surface area contributed by atoms with Crippen molar-refractivity contribution in [1.29, 1.82) is 0 Å². The molecule has 5 nitrogen and oxygen atoms in total. The third-order valence-corrected chi connectivity index (χ3v) is 4.50. The summed E-state index contributed by atoms with van der Waals surface area (Å²) in [6, 6.07) is 15.0. The molecule has 27 heavy (non-hydrogen) atoms. The van der Waals surface area contributed by atoms with E-state index in [9.17, 15) is 4.79 Å². The highest BCUT2D eigenvalue weighted by Gasteiger charge is 2.22. The highest BCUT2D eigenvalue weighted by molar-refractivity contribution is 8.93. The lowest BCUT2D eigenvalue weighted by molar-refractivity contribution is 0.100. The van der Waals surface area contributed by atoms with E-state index in [-0.39, 0.29) is 29.3 Å². The summed E-state index contributed by atoms with van der Waals surface area (Å²) < 4.78 is 10.7. The van der Waals surface area contributed by atoms with Gasteiger partial charge >= 0.3 is 0 Å². The van der Waals surface area contributed by atoms with Gasteiger partial charge in [0.25, 0.3) is 0 Å². The van der Waals surface area contributed by atoms with Crippen LogP contribution in [-0.4, -0.2) is 38.9 Å². The van der Waals surface area contributed by atoms with Crippen LogP contribution in [-0.2, 0) is 0 Å². The van der Waals surface area contributed by atoms with Gasteiger partial charge in [0.05, 0.1) is 26.5 Å². The van der Waals surface area contributed by atoms with Crippen LogP contribution >= 0.6 is 17.0 Å². The maximum Gasteiger partial charge on any atom is 0.182 e. The molecule has 144 valence electrons. The standard InChI is InChI=1S/C21H24N2O3.BrH/c1-25-17-12-10-16(11-13-17)19(24)15-23(21-9-5-6-14-22-21)18-7-3-4-8-20(18)26-2;/h3-4,7-8,10-13H,5-6,9,14-15H2,1-2H3;1H. The van der Waals surface area contributed by atoms with Crippen LogP contribution in [0.3, 0.4) is 0 Å². The van der Waals surface area contributed by atoms with Gasteiger partial charge in [-0.1, -0.05) is 12.1 Å². The predicted molar refractivity (Wildman–Crippen MR) is 114 cm³/mol. The predicted octanol–water partition coefficient (Wildman–Crippen LogP) is 4.55. The number of Topliss-reactive ketones (excluding diaryl/α,β-unsaturated/α-hetero) is 1. The first kappa shape index (κ1) is 21.0. The van der Waals surface area contributed by atoms with E-state index in [1.54, 1.807) is 38.5 Å². The quantitative estimate of drug-likeness (QED) is 0.628. The highest BCUT2D eigenvalue weighted by atomic mass is 79.9. The third kappa shape index (κ3) is 5.10. The summed E-state index contributed by atoms with van der Waals surface area (Å²) in [5.41, 5.74) is 1.53. The van der Waals surface area contributed by atoms with Gasteiger partial charge in [-0.3, -0.25) is 9.79 Å². The summed E-state index contributed by atoms with van der Waals surface area (Å²) in [6.45, 7) is 1.03. The molecule has 1 aliphatic heterocycles. The minimum absolute atomic E-state index is 0. The Morgan fingerprint density at radius 3 is 2.41 bits per heavy atom. The van der Waals surface area contributed by atoms with E-state index in [1.807, 2.05) is 29.2 Å². The molecule has 0 unspecified atom stereocenters. The van der Waals surface area contributed by atoms with Crippen molar-refractivity contribution in [2.24, 2.45) is 4.99 Å². The second-order valence-corrected chi connectivity index (χ2v) is 6.16. The van der Waals surface area contributed by atoms with E-state index in [0.717, 1.165) is 48.8 Å². The molecule has 0 saturated carbocycles. The maximum atomic E-state index is 12.9. The summed E-state index contributed by atoms with van der Waals surface area (Å²) in [5, 5.41) is 0. The zero-order valence-electron chi connectivity index (χ0n) is 15.7. The first-order valence-corrected chi connectivity index (χ1v) is 8.84. The van der Waals surface area contributed by atoms with Crippen LogP contribution < -0.4 is 14.4 Å². The Labute approximate surface area is 170 Å². The molecule has 0 aliphatic carbocycles. The normalized spacial score (nSPS) is 13.2. The number of benzene rings is 2. The number of carbonyl (C=O) groups is 1. The Morgan fingerprint density at radius 1 is 1.04 bits per heavy atom. The monoisotopic (exact) mass is 432 g/mol. The zero-order valence-corrected chi connectivity index (χ0v) is 17.4. The fourth-order valence-corrected chi connectivity index (χ4v) is 3.08. The molecule has 0 spiro atoms. The van der Waals surface area contributed by atoms with Gasteiger partial charge in [0.2, 0.25) is 0 Å². The molecular formula is C21H25BrN2O3. The number of ether oxygens (including phenoxy) is 2. The van der Waals surface area contributed by atoms with Crippen LogP contribution in [0.2, 0.25) is 0 Å². The lowest BCUT2D eigenvalue weighted by atomic mass is 10.1. The molecular weight excluding hydrogens is 408 g/mol. The number of aliphatic imine (C=N–C) groups is 1. The molecule has 0 saturated heterocycles. The number of hydrogen-bond donors (Lipinski definition) is 0. The number of ketones is 1. The van der Waals surface area contributed by atoms with Crippen molar-refractivity contribution >= 4 is 34.3 Å².